The summed E-state index contributed by atoms with van der Waals surface area (Å²) in [6, 6.07) is 23.8. The fourth-order valence-electron chi connectivity index (χ4n) is 2.87. The number of hydrogen-bond acceptors (Lipinski definition) is 1. The second kappa shape index (κ2) is 5.99. The van der Waals surface area contributed by atoms with Crippen molar-refractivity contribution >= 4 is 34.8 Å². The van der Waals surface area contributed by atoms with Gasteiger partial charge in [0.2, 0.25) is 0 Å². The van der Waals surface area contributed by atoms with Crippen molar-refractivity contribution in [2.24, 2.45) is 0 Å². The number of carbonyl (C=O) groups is 1. The van der Waals surface area contributed by atoms with Crippen LogP contribution in [0.2, 0.25) is 5.02 Å². The summed E-state index contributed by atoms with van der Waals surface area (Å²) >= 11 is 6.06. The number of anilines is 1. The van der Waals surface area contributed by atoms with Gasteiger partial charge in [-0.2, -0.15) is 0 Å². The van der Waals surface area contributed by atoms with E-state index in [0.717, 1.165) is 22.4 Å². The van der Waals surface area contributed by atoms with Gasteiger partial charge in [0.15, 0.2) is 0 Å². The average Bonchev–Trinajstić information content (AvgIpc) is 2.92. The van der Waals surface area contributed by atoms with Crippen molar-refractivity contribution in [3.8, 4) is 11.1 Å². The van der Waals surface area contributed by atoms with Crippen LogP contribution in [0.15, 0.2) is 72.8 Å². The Labute approximate surface area is 145 Å². The molecule has 1 aliphatic rings. The molecule has 4 rings (SSSR count). The van der Waals surface area contributed by atoms with Crippen molar-refractivity contribution in [2.75, 3.05) is 5.32 Å². The van der Waals surface area contributed by atoms with E-state index in [1.807, 2.05) is 48.5 Å². The van der Waals surface area contributed by atoms with Gasteiger partial charge in [-0.3, -0.25) is 4.79 Å². The molecule has 2 nitrogen and oxygen atoms in total. The molecule has 1 heterocycles. The van der Waals surface area contributed by atoms with Gasteiger partial charge in [-0.05, 0) is 41.0 Å². The molecule has 1 aliphatic heterocycles. The minimum Gasteiger partial charge on any atom is -0.321 e. The Morgan fingerprint density at radius 2 is 1.54 bits per heavy atom. The lowest BCUT2D eigenvalue weighted by Crippen LogP contribution is -2.03. The van der Waals surface area contributed by atoms with E-state index in [9.17, 15) is 4.79 Å². The summed E-state index contributed by atoms with van der Waals surface area (Å²) in [6.45, 7) is 0. The molecule has 0 aromatic heterocycles. The molecule has 3 aromatic carbocycles. The molecule has 0 bridgehead atoms. The molecule has 0 atom stereocenters. The monoisotopic (exact) mass is 331 g/mol. The summed E-state index contributed by atoms with van der Waals surface area (Å²) in [5, 5.41) is 3.49. The van der Waals surface area contributed by atoms with Crippen molar-refractivity contribution in [1.29, 1.82) is 0 Å². The van der Waals surface area contributed by atoms with Gasteiger partial charge < -0.3 is 5.32 Å². The summed E-state index contributed by atoms with van der Waals surface area (Å²) in [5.41, 5.74) is 5.59. The van der Waals surface area contributed by atoms with E-state index in [1.54, 1.807) is 6.07 Å². The number of benzene rings is 3. The standard InChI is InChI=1S/C21H14ClNO/c22-17-10-11-20-18(13-17)19(21(24)23-20)12-14-6-8-16(9-7-14)15-4-2-1-3-5-15/h1-13H,(H,23,24). The minimum atomic E-state index is -0.0978. The number of nitrogens with one attached hydrogen (secondary N) is 1. The zero-order valence-corrected chi connectivity index (χ0v) is 13.5. The van der Waals surface area contributed by atoms with Crippen molar-refractivity contribution in [3.63, 3.8) is 0 Å². The quantitative estimate of drug-likeness (QED) is 0.617. The van der Waals surface area contributed by atoms with Gasteiger partial charge in [-0.1, -0.05) is 66.2 Å². The molecule has 0 aliphatic carbocycles. The van der Waals surface area contributed by atoms with Crippen LogP contribution in [-0.4, -0.2) is 5.91 Å². The molecular weight excluding hydrogens is 318 g/mol. The highest BCUT2D eigenvalue weighted by atomic mass is 35.5. The lowest BCUT2D eigenvalue weighted by molar-refractivity contribution is -0.110. The highest BCUT2D eigenvalue weighted by Gasteiger charge is 2.24. The van der Waals surface area contributed by atoms with Crippen LogP contribution in [0.5, 0.6) is 0 Å². The Morgan fingerprint density at radius 3 is 2.29 bits per heavy atom. The SMILES string of the molecule is O=C1Nc2ccc(Cl)cc2C1=Cc1ccc(-c2ccccc2)cc1. The Morgan fingerprint density at radius 1 is 0.833 bits per heavy atom. The van der Waals surface area contributed by atoms with Crippen molar-refractivity contribution in [3.05, 3.63) is 88.9 Å². The number of rotatable bonds is 2. The lowest BCUT2D eigenvalue weighted by atomic mass is 10.0. The number of carbonyl (C=O) groups excluding carboxylic acids is 1. The maximum absolute atomic E-state index is 12.2. The highest BCUT2D eigenvalue weighted by molar-refractivity contribution is 6.36. The maximum atomic E-state index is 12.2. The van der Waals surface area contributed by atoms with Gasteiger partial charge in [0.25, 0.3) is 5.91 Å². The third-order valence-corrected chi connectivity index (χ3v) is 4.33. The van der Waals surface area contributed by atoms with Crippen LogP contribution in [0.1, 0.15) is 11.1 Å². The summed E-state index contributed by atoms with van der Waals surface area (Å²) in [6.07, 6.45) is 1.90. The topological polar surface area (TPSA) is 29.1 Å². The van der Waals surface area contributed by atoms with Crippen LogP contribution in [0.3, 0.4) is 0 Å². The average molecular weight is 332 g/mol. The van der Waals surface area contributed by atoms with Gasteiger partial charge in [-0.25, -0.2) is 0 Å². The zero-order chi connectivity index (χ0) is 16.5. The zero-order valence-electron chi connectivity index (χ0n) is 12.8. The largest absolute Gasteiger partial charge is 0.321 e. The molecule has 0 saturated heterocycles. The third kappa shape index (κ3) is 2.72. The van der Waals surface area contributed by atoms with Crippen LogP contribution in [0, 0.1) is 0 Å². The van der Waals surface area contributed by atoms with Crippen LogP contribution in [-0.2, 0) is 4.79 Å². The van der Waals surface area contributed by atoms with E-state index in [0.29, 0.717) is 10.6 Å². The summed E-state index contributed by atoms with van der Waals surface area (Å²) in [7, 11) is 0. The Hall–Kier alpha value is -2.84. The van der Waals surface area contributed by atoms with E-state index in [1.165, 1.54) is 5.56 Å². The predicted molar refractivity (Wildman–Crippen MR) is 99.8 cm³/mol. The van der Waals surface area contributed by atoms with E-state index < -0.39 is 0 Å². The van der Waals surface area contributed by atoms with E-state index in [2.05, 4.69) is 29.6 Å². The molecule has 3 aromatic rings. The first-order valence-electron chi connectivity index (χ1n) is 7.69. The molecule has 0 fully saturated rings. The van der Waals surface area contributed by atoms with Crippen molar-refractivity contribution < 1.29 is 4.79 Å². The normalized spacial score (nSPS) is 14.5. The molecular formula is C21H14ClNO. The van der Waals surface area contributed by atoms with E-state index >= 15 is 0 Å². The van der Waals surface area contributed by atoms with E-state index in [4.69, 9.17) is 11.6 Å². The number of amides is 1. The third-order valence-electron chi connectivity index (χ3n) is 4.09. The predicted octanol–water partition coefficient (Wildman–Crippen LogP) is 5.50. The first kappa shape index (κ1) is 14.7. The van der Waals surface area contributed by atoms with Gasteiger partial charge in [0.05, 0.1) is 0 Å². The van der Waals surface area contributed by atoms with Crippen LogP contribution < -0.4 is 5.32 Å². The smallest absolute Gasteiger partial charge is 0.256 e. The molecule has 3 heteroatoms. The van der Waals surface area contributed by atoms with Gasteiger partial charge in [0, 0.05) is 21.8 Å². The van der Waals surface area contributed by atoms with Gasteiger partial charge in [0.1, 0.15) is 0 Å². The second-order valence-corrected chi connectivity index (χ2v) is 6.13. The van der Waals surface area contributed by atoms with E-state index in [-0.39, 0.29) is 5.91 Å². The Bertz CT molecular complexity index is 943. The molecule has 0 radical (unpaired) electrons. The van der Waals surface area contributed by atoms with Gasteiger partial charge >= 0.3 is 0 Å². The molecule has 0 spiro atoms. The summed E-state index contributed by atoms with van der Waals surface area (Å²) in [4.78, 5) is 12.2. The second-order valence-electron chi connectivity index (χ2n) is 5.69. The Balaban J connectivity index is 1.70. The highest BCUT2D eigenvalue weighted by Crippen LogP contribution is 2.35. The van der Waals surface area contributed by atoms with Crippen molar-refractivity contribution in [2.45, 2.75) is 0 Å². The van der Waals surface area contributed by atoms with Crippen LogP contribution in [0.25, 0.3) is 22.8 Å². The molecule has 116 valence electrons. The first-order valence-corrected chi connectivity index (χ1v) is 8.07. The number of halogens is 1. The molecule has 0 saturated carbocycles. The maximum Gasteiger partial charge on any atom is 0.256 e. The minimum absolute atomic E-state index is 0.0978. The number of fused-ring (bicyclic) bond motifs is 1. The summed E-state index contributed by atoms with van der Waals surface area (Å²) in [5.74, 6) is -0.0978. The fraction of sp³-hybridized carbons (Fsp3) is 0. The Kier molecular flexibility index (Phi) is 3.68. The molecule has 1 amide bonds. The van der Waals surface area contributed by atoms with Gasteiger partial charge in [-0.15, -0.1) is 0 Å². The summed E-state index contributed by atoms with van der Waals surface area (Å²) < 4.78 is 0. The lowest BCUT2D eigenvalue weighted by Gasteiger charge is -2.03. The molecule has 24 heavy (non-hydrogen) atoms. The number of hydrogen-bond donors (Lipinski definition) is 1. The fourth-order valence-corrected chi connectivity index (χ4v) is 3.04. The molecule has 0 unspecified atom stereocenters. The first-order chi connectivity index (χ1) is 11.7. The van der Waals surface area contributed by atoms with Crippen molar-refractivity contribution in [1.82, 2.24) is 0 Å². The van der Waals surface area contributed by atoms with Crippen LogP contribution >= 0.6 is 11.6 Å². The van der Waals surface area contributed by atoms with Crippen LogP contribution in [0.4, 0.5) is 5.69 Å². The molecule has 1 N–H and O–H groups in total.